The SMILES string of the molecule is Cc1ccc(-n2nc(C(C)(C)C)cc2NC(=O)Nc2ccc(CC3CC4CCC(C3)N4C(=O)c3ccc(C(=O)C(F)(F)F)cc3)cc2)cc1. The highest BCUT2D eigenvalue weighted by atomic mass is 19.4. The number of Topliss-reactive ketones (excluding diaryl/α,β-unsaturated/α-hetero) is 1. The Morgan fingerprint density at radius 2 is 1.41 bits per heavy atom. The second-order valence-corrected chi connectivity index (χ2v) is 14.2. The van der Waals surface area contributed by atoms with E-state index < -0.39 is 17.5 Å². The predicted molar refractivity (Wildman–Crippen MR) is 182 cm³/mol. The van der Waals surface area contributed by atoms with E-state index in [1.54, 1.807) is 4.68 Å². The first kappa shape index (κ1) is 34.0. The van der Waals surface area contributed by atoms with Gasteiger partial charge in [0.05, 0.1) is 11.4 Å². The molecular weight excluding hydrogens is 631 g/mol. The molecule has 0 radical (unpaired) electrons. The number of fused-ring (bicyclic) bond motifs is 2. The zero-order chi connectivity index (χ0) is 35.1. The average molecular weight is 672 g/mol. The number of aromatic nitrogens is 2. The number of nitrogens with one attached hydrogen (secondary N) is 2. The quantitative estimate of drug-likeness (QED) is 0.193. The Balaban J connectivity index is 1.05. The van der Waals surface area contributed by atoms with Gasteiger partial charge in [0.25, 0.3) is 11.7 Å². The fourth-order valence-electron chi connectivity index (χ4n) is 6.92. The van der Waals surface area contributed by atoms with Crippen molar-refractivity contribution in [3.05, 3.63) is 107 Å². The first-order chi connectivity index (χ1) is 23.2. The Morgan fingerprint density at radius 1 is 0.816 bits per heavy atom. The molecule has 0 saturated carbocycles. The van der Waals surface area contributed by atoms with E-state index in [1.165, 1.54) is 12.1 Å². The van der Waals surface area contributed by atoms with Gasteiger partial charge in [-0.15, -0.1) is 0 Å². The summed E-state index contributed by atoms with van der Waals surface area (Å²) >= 11 is 0. The third-order valence-electron chi connectivity index (χ3n) is 9.45. The summed E-state index contributed by atoms with van der Waals surface area (Å²) in [5.41, 5.74) is 4.22. The summed E-state index contributed by atoms with van der Waals surface area (Å²) in [7, 11) is 0. The van der Waals surface area contributed by atoms with E-state index in [2.05, 4.69) is 31.4 Å². The molecule has 3 aromatic carbocycles. The van der Waals surface area contributed by atoms with Gasteiger partial charge in [-0.2, -0.15) is 18.3 Å². The number of hydrogen-bond donors (Lipinski definition) is 2. The minimum Gasteiger partial charge on any atom is -0.333 e. The Hall–Kier alpha value is -4.93. The number of carbonyl (C=O) groups is 3. The van der Waals surface area contributed by atoms with Gasteiger partial charge in [-0.05, 0) is 86.9 Å². The van der Waals surface area contributed by atoms with Gasteiger partial charge < -0.3 is 10.2 Å². The van der Waals surface area contributed by atoms with E-state index in [0.717, 1.165) is 66.7 Å². The summed E-state index contributed by atoms with van der Waals surface area (Å²) in [4.78, 5) is 39.9. The maximum atomic E-state index is 13.4. The molecule has 0 aliphatic carbocycles. The molecule has 2 bridgehead atoms. The maximum Gasteiger partial charge on any atom is 0.454 e. The van der Waals surface area contributed by atoms with Crippen molar-refractivity contribution >= 4 is 29.2 Å². The van der Waals surface area contributed by atoms with Gasteiger partial charge in [0.1, 0.15) is 5.82 Å². The molecule has 2 N–H and O–H groups in total. The van der Waals surface area contributed by atoms with Crippen molar-refractivity contribution in [1.82, 2.24) is 14.7 Å². The van der Waals surface area contributed by atoms with Crippen LogP contribution in [-0.4, -0.2) is 50.7 Å². The molecule has 8 nitrogen and oxygen atoms in total. The number of halogens is 3. The molecule has 2 saturated heterocycles. The highest BCUT2D eigenvalue weighted by Gasteiger charge is 2.43. The first-order valence-corrected chi connectivity index (χ1v) is 16.5. The summed E-state index contributed by atoms with van der Waals surface area (Å²) < 4.78 is 40.1. The molecule has 1 aromatic heterocycles. The first-order valence-electron chi connectivity index (χ1n) is 16.5. The molecule has 3 amide bonds. The van der Waals surface area contributed by atoms with Crippen molar-refractivity contribution < 1.29 is 27.6 Å². The molecule has 0 spiro atoms. The Labute approximate surface area is 283 Å². The topological polar surface area (TPSA) is 96.3 Å². The average Bonchev–Trinajstić information content (AvgIpc) is 3.59. The van der Waals surface area contributed by atoms with Gasteiger partial charge in [0.15, 0.2) is 0 Å². The second-order valence-electron chi connectivity index (χ2n) is 14.2. The Bertz CT molecular complexity index is 1830. The number of carbonyl (C=O) groups excluding carboxylic acids is 3. The molecule has 4 aromatic rings. The lowest BCUT2D eigenvalue weighted by molar-refractivity contribution is -0.0885. The number of benzene rings is 3. The summed E-state index contributed by atoms with van der Waals surface area (Å²) in [6.07, 6.45) is -0.685. The van der Waals surface area contributed by atoms with Gasteiger partial charge in [-0.1, -0.05) is 62.7 Å². The van der Waals surface area contributed by atoms with Crippen LogP contribution in [0.2, 0.25) is 0 Å². The summed E-state index contributed by atoms with van der Waals surface area (Å²) in [5.74, 6) is -1.19. The van der Waals surface area contributed by atoms with Crippen molar-refractivity contribution in [2.75, 3.05) is 10.6 Å². The van der Waals surface area contributed by atoms with E-state index >= 15 is 0 Å². The van der Waals surface area contributed by atoms with Crippen molar-refractivity contribution in [2.24, 2.45) is 5.92 Å². The van der Waals surface area contributed by atoms with Crippen LogP contribution < -0.4 is 10.6 Å². The maximum absolute atomic E-state index is 13.4. The monoisotopic (exact) mass is 671 g/mol. The number of urea groups is 1. The number of hydrogen-bond acceptors (Lipinski definition) is 4. The van der Waals surface area contributed by atoms with Crippen molar-refractivity contribution in [3.8, 4) is 5.69 Å². The Kier molecular flexibility index (Phi) is 9.13. The minimum absolute atomic E-state index is 0.0597. The van der Waals surface area contributed by atoms with Crippen LogP contribution in [0.5, 0.6) is 0 Å². The molecule has 2 aliphatic rings. The highest BCUT2D eigenvalue weighted by molar-refractivity contribution is 6.02. The number of piperidine rings is 1. The largest absolute Gasteiger partial charge is 0.454 e. The lowest BCUT2D eigenvalue weighted by Crippen LogP contribution is -2.46. The molecule has 2 fully saturated rings. The molecule has 6 rings (SSSR count). The van der Waals surface area contributed by atoms with Crippen molar-refractivity contribution in [1.29, 1.82) is 0 Å². The number of anilines is 2. The Morgan fingerprint density at radius 3 is 1.98 bits per heavy atom. The van der Waals surface area contributed by atoms with E-state index in [4.69, 9.17) is 5.10 Å². The fourth-order valence-corrected chi connectivity index (χ4v) is 6.92. The molecule has 3 heterocycles. The number of amides is 3. The van der Waals surface area contributed by atoms with E-state index in [-0.39, 0.29) is 35.0 Å². The van der Waals surface area contributed by atoms with E-state index in [1.807, 2.05) is 66.4 Å². The minimum atomic E-state index is -4.96. The summed E-state index contributed by atoms with van der Waals surface area (Å²) in [6.45, 7) is 8.24. The molecule has 49 heavy (non-hydrogen) atoms. The summed E-state index contributed by atoms with van der Waals surface area (Å²) in [6, 6.07) is 22.1. The molecular formula is C38H40F3N5O3. The second kappa shape index (κ2) is 13.2. The van der Waals surface area contributed by atoms with Crippen molar-refractivity contribution in [2.45, 2.75) is 83.5 Å². The van der Waals surface area contributed by atoms with Gasteiger partial charge >= 0.3 is 12.2 Å². The van der Waals surface area contributed by atoms with Crippen LogP contribution in [0, 0.1) is 12.8 Å². The van der Waals surface area contributed by atoms with Crippen LogP contribution in [0.15, 0.2) is 78.9 Å². The van der Waals surface area contributed by atoms with Crippen LogP contribution in [0.4, 0.5) is 29.5 Å². The van der Waals surface area contributed by atoms with Crippen molar-refractivity contribution in [3.63, 3.8) is 0 Å². The number of aryl methyl sites for hydroxylation is 1. The van der Waals surface area contributed by atoms with Gasteiger partial charge in [-0.25, -0.2) is 9.48 Å². The molecule has 11 heteroatoms. The summed E-state index contributed by atoms with van der Waals surface area (Å²) in [5, 5.41) is 10.7. The fraction of sp³-hybridized carbons (Fsp3) is 0.368. The molecule has 2 aliphatic heterocycles. The number of alkyl halides is 3. The van der Waals surface area contributed by atoms with Crippen LogP contribution >= 0.6 is 0 Å². The number of rotatable bonds is 7. The van der Waals surface area contributed by atoms with E-state index in [9.17, 15) is 27.6 Å². The number of nitrogens with zero attached hydrogens (tertiary/aromatic N) is 3. The molecule has 2 atom stereocenters. The standard InChI is InChI=1S/C38H40F3N5O3/c1-23-5-15-29(16-6-23)46-33(22-32(44-46)37(2,3)4)43-36(49)42-28-13-7-24(8-14-28)19-25-20-30-17-18-31(21-25)45(30)35(48)27-11-9-26(10-12-27)34(47)38(39,40)41/h5-16,22,25,30-31H,17-21H2,1-4H3,(H2,42,43,49). The predicted octanol–water partition coefficient (Wildman–Crippen LogP) is 8.49. The molecule has 256 valence electrons. The van der Waals surface area contributed by atoms with Gasteiger partial charge in [-0.3, -0.25) is 14.9 Å². The van der Waals surface area contributed by atoms with Crippen LogP contribution in [0.3, 0.4) is 0 Å². The zero-order valence-electron chi connectivity index (χ0n) is 28.0. The van der Waals surface area contributed by atoms with E-state index in [0.29, 0.717) is 17.4 Å². The van der Waals surface area contributed by atoms with Crippen LogP contribution in [0.1, 0.15) is 84.0 Å². The van der Waals surface area contributed by atoms with Gasteiger partial charge in [0, 0.05) is 40.4 Å². The zero-order valence-corrected chi connectivity index (χ0v) is 28.0. The third-order valence-corrected chi connectivity index (χ3v) is 9.45. The smallest absolute Gasteiger partial charge is 0.333 e. The normalized spacial score (nSPS) is 19.1. The van der Waals surface area contributed by atoms with Crippen LogP contribution in [-0.2, 0) is 11.8 Å². The third kappa shape index (κ3) is 7.55. The van der Waals surface area contributed by atoms with Crippen LogP contribution in [0.25, 0.3) is 5.69 Å². The number of ketones is 1. The lowest BCUT2D eigenvalue weighted by Gasteiger charge is -2.39. The van der Waals surface area contributed by atoms with Gasteiger partial charge in [0.2, 0.25) is 0 Å². The molecule has 2 unspecified atom stereocenters. The lowest BCUT2D eigenvalue weighted by atomic mass is 9.85. The highest BCUT2D eigenvalue weighted by Crippen LogP contribution is 2.41.